The first-order chi connectivity index (χ1) is 16.3. The number of oxazole rings is 1. The fourth-order valence-corrected chi connectivity index (χ4v) is 4.00. The maximum Gasteiger partial charge on any atom is 0.226 e. The quantitative estimate of drug-likeness (QED) is 0.274. The smallest absolute Gasteiger partial charge is 0.226 e. The summed E-state index contributed by atoms with van der Waals surface area (Å²) in [6.07, 6.45) is 1.66. The molecule has 0 N–H and O–H groups in total. The Hall–Kier alpha value is -3.97. The van der Waals surface area contributed by atoms with E-state index in [1.807, 2.05) is 84.9 Å². The van der Waals surface area contributed by atoms with E-state index in [4.69, 9.17) is 14.1 Å². The zero-order chi connectivity index (χ0) is 22.5. The molecule has 5 rings (SSSR count). The first-order valence-electron chi connectivity index (χ1n) is 10.4. The third kappa shape index (κ3) is 4.78. The normalized spacial score (nSPS) is 10.8. The Morgan fingerprint density at radius 3 is 2.06 bits per heavy atom. The maximum atomic E-state index is 5.66. The topological polar surface area (TPSA) is 73.9 Å². The fourth-order valence-electron chi connectivity index (χ4n) is 3.34. The number of aromatic nitrogens is 4. The molecule has 0 saturated carbocycles. The van der Waals surface area contributed by atoms with Crippen LogP contribution in [-0.4, -0.2) is 27.3 Å². The number of hydrogen-bond acceptors (Lipinski definition) is 7. The van der Waals surface area contributed by atoms with E-state index in [2.05, 4.69) is 15.2 Å². The molecule has 162 valence electrons. The molecule has 0 radical (unpaired) electrons. The van der Waals surface area contributed by atoms with E-state index in [1.54, 1.807) is 13.4 Å². The van der Waals surface area contributed by atoms with Crippen LogP contribution in [0.2, 0.25) is 0 Å². The summed E-state index contributed by atoms with van der Waals surface area (Å²) in [5.74, 6) is 1.93. The summed E-state index contributed by atoms with van der Waals surface area (Å²) < 4.78 is 10.9. The molecule has 0 aliphatic heterocycles. The Balaban J connectivity index is 1.38. The first kappa shape index (κ1) is 20.9. The molecule has 0 bridgehead atoms. The number of methoxy groups -OCH3 is 1. The molecule has 0 atom stereocenters. The van der Waals surface area contributed by atoms with E-state index in [0.29, 0.717) is 16.8 Å². The van der Waals surface area contributed by atoms with Gasteiger partial charge in [-0.2, -0.15) is 0 Å². The second kappa shape index (κ2) is 9.67. The van der Waals surface area contributed by atoms with Gasteiger partial charge < -0.3 is 9.15 Å². The second-order valence-corrected chi connectivity index (χ2v) is 8.13. The molecular weight excluding hydrogens is 432 g/mol. The number of ether oxygens (including phenoxy) is 1. The van der Waals surface area contributed by atoms with Crippen LogP contribution in [0.15, 0.2) is 101 Å². The van der Waals surface area contributed by atoms with Gasteiger partial charge in [0, 0.05) is 22.4 Å². The summed E-state index contributed by atoms with van der Waals surface area (Å²) in [5, 5.41) is 9.47. The molecule has 0 saturated heterocycles. The van der Waals surface area contributed by atoms with Crippen molar-refractivity contribution in [2.24, 2.45) is 0 Å². The monoisotopic (exact) mass is 452 g/mol. The molecule has 0 spiro atoms. The van der Waals surface area contributed by atoms with Crippen LogP contribution in [0.3, 0.4) is 0 Å². The molecule has 0 unspecified atom stereocenters. The molecule has 33 heavy (non-hydrogen) atoms. The van der Waals surface area contributed by atoms with Crippen molar-refractivity contribution in [1.29, 1.82) is 0 Å². The molecule has 6 nitrogen and oxygen atoms in total. The summed E-state index contributed by atoms with van der Waals surface area (Å²) in [6.45, 7) is 0. The SMILES string of the molecule is COc1ccc(-c2nc(CSc3nnc(-c4ccccc4)c(-c4ccccc4)n3)co2)cc1. The number of benzene rings is 3. The Morgan fingerprint density at radius 2 is 1.39 bits per heavy atom. The van der Waals surface area contributed by atoms with Crippen LogP contribution in [0.4, 0.5) is 0 Å². The van der Waals surface area contributed by atoms with Gasteiger partial charge in [0.25, 0.3) is 0 Å². The Labute approximate surface area is 195 Å². The van der Waals surface area contributed by atoms with E-state index in [-0.39, 0.29) is 0 Å². The van der Waals surface area contributed by atoms with E-state index < -0.39 is 0 Å². The summed E-state index contributed by atoms with van der Waals surface area (Å²) in [4.78, 5) is 9.43. The molecule has 7 heteroatoms. The zero-order valence-corrected chi connectivity index (χ0v) is 18.7. The Morgan fingerprint density at radius 1 is 0.727 bits per heavy atom. The van der Waals surface area contributed by atoms with Crippen LogP contribution in [0.5, 0.6) is 5.75 Å². The highest BCUT2D eigenvalue weighted by Crippen LogP contribution is 2.31. The second-order valence-electron chi connectivity index (χ2n) is 7.18. The van der Waals surface area contributed by atoms with Crippen LogP contribution in [0.1, 0.15) is 5.69 Å². The lowest BCUT2D eigenvalue weighted by atomic mass is 10.0. The number of hydrogen-bond donors (Lipinski definition) is 0. The van der Waals surface area contributed by atoms with Crippen molar-refractivity contribution in [2.45, 2.75) is 10.9 Å². The van der Waals surface area contributed by atoms with Crippen molar-refractivity contribution < 1.29 is 9.15 Å². The van der Waals surface area contributed by atoms with Crippen molar-refractivity contribution in [3.8, 4) is 39.7 Å². The minimum absolute atomic E-state index is 0.566. The predicted molar refractivity (Wildman–Crippen MR) is 129 cm³/mol. The van der Waals surface area contributed by atoms with Crippen molar-refractivity contribution in [2.75, 3.05) is 7.11 Å². The van der Waals surface area contributed by atoms with Gasteiger partial charge >= 0.3 is 0 Å². The van der Waals surface area contributed by atoms with Crippen LogP contribution in [0, 0.1) is 0 Å². The van der Waals surface area contributed by atoms with E-state index in [9.17, 15) is 0 Å². The molecular formula is C26H20N4O2S. The van der Waals surface area contributed by atoms with Gasteiger partial charge in [-0.05, 0) is 24.3 Å². The zero-order valence-electron chi connectivity index (χ0n) is 17.9. The molecule has 0 aliphatic rings. The Kier molecular flexibility index (Phi) is 6.12. The molecule has 0 aliphatic carbocycles. The van der Waals surface area contributed by atoms with Gasteiger partial charge in [0.1, 0.15) is 23.4 Å². The third-order valence-corrected chi connectivity index (χ3v) is 5.87. The predicted octanol–water partition coefficient (Wildman–Crippen LogP) is 6.16. The van der Waals surface area contributed by atoms with Crippen molar-refractivity contribution in [3.05, 3.63) is 96.9 Å². The van der Waals surface area contributed by atoms with E-state index in [0.717, 1.165) is 39.5 Å². The van der Waals surface area contributed by atoms with Crippen molar-refractivity contribution in [1.82, 2.24) is 20.2 Å². The molecule has 5 aromatic rings. The lowest BCUT2D eigenvalue weighted by molar-refractivity contribution is 0.415. The van der Waals surface area contributed by atoms with Gasteiger partial charge in [-0.3, -0.25) is 0 Å². The van der Waals surface area contributed by atoms with Crippen molar-refractivity contribution >= 4 is 11.8 Å². The van der Waals surface area contributed by atoms with Gasteiger partial charge in [0.15, 0.2) is 0 Å². The molecule has 0 fully saturated rings. The average molecular weight is 453 g/mol. The summed E-state index contributed by atoms with van der Waals surface area (Å²) >= 11 is 1.47. The summed E-state index contributed by atoms with van der Waals surface area (Å²) in [7, 11) is 1.64. The molecule has 3 aromatic carbocycles. The van der Waals surface area contributed by atoms with Gasteiger partial charge in [-0.15, -0.1) is 10.2 Å². The maximum absolute atomic E-state index is 5.66. The van der Waals surface area contributed by atoms with Crippen LogP contribution >= 0.6 is 11.8 Å². The third-order valence-electron chi connectivity index (χ3n) is 5.00. The molecule has 2 heterocycles. The van der Waals surface area contributed by atoms with Gasteiger partial charge in [0.2, 0.25) is 11.0 Å². The number of thioether (sulfide) groups is 1. The van der Waals surface area contributed by atoms with Crippen LogP contribution in [-0.2, 0) is 5.75 Å². The minimum Gasteiger partial charge on any atom is -0.497 e. The average Bonchev–Trinajstić information content (AvgIpc) is 3.37. The first-order valence-corrected chi connectivity index (χ1v) is 11.4. The highest BCUT2D eigenvalue weighted by Gasteiger charge is 2.14. The standard InChI is InChI=1S/C26H20N4O2S/c1-31-22-14-12-20(13-15-22)25-27-21(16-32-25)17-33-26-28-23(18-8-4-2-5-9-18)24(29-30-26)19-10-6-3-7-11-19/h2-16H,17H2,1H3. The highest BCUT2D eigenvalue weighted by atomic mass is 32.2. The molecule has 0 amide bonds. The fraction of sp³-hybridized carbons (Fsp3) is 0.0769. The van der Waals surface area contributed by atoms with Crippen molar-refractivity contribution in [3.63, 3.8) is 0 Å². The Bertz CT molecular complexity index is 1340. The van der Waals surface area contributed by atoms with E-state index in [1.165, 1.54) is 11.8 Å². The molecule has 2 aromatic heterocycles. The summed E-state index contributed by atoms with van der Waals surface area (Å²) in [5.41, 5.74) is 5.24. The lowest BCUT2D eigenvalue weighted by Gasteiger charge is -2.09. The van der Waals surface area contributed by atoms with Crippen LogP contribution < -0.4 is 4.74 Å². The summed E-state index contributed by atoms with van der Waals surface area (Å²) in [6, 6.07) is 27.6. The van der Waals surface area contributed by atoms with E-state index >= 15 is 0 Å². The minimum atomic E-state index is 0.566. The van der Waals surface area contributed by atoms with Gasteiger partial charge in [-0.25, -0.2) is 9.97 Å². The van der Waals surface area contributed by atoms with Gasteiger partial charge in [-0.1, -0.05) is 72.4 Å². The number of nitrogens with zero attached hydrogens (tertiary/aromatic N) is 4. The largest absolute Gasteiger partial charge is 0.497 e. The lowest BCUT2D eigenvalue weighted by Crippen LogP contribution is -1.99. The highest BCUT2D eigenvalue weighted by molar-refractivity contribution is 7.98. The van der Waals surface area contributed by atoms with Gasteiger partial charge in [0.05, 0.1) is 12.8 Å². The number of rotatable bonds is 7. The van der Waals surface area contributed by atoms with Crippen LogP contribution in [0.25, 0.3) is 34.0 Å².